The van der Waals surface area contributed by atoms with Gasteiger partial charge in [0.2, 0.25) is 0 Å². The van der Waals surface area contributed by atoms with Gasteiger partial charge in [0.05, 0.1) is 5.56 Å². The standard InChI is InChI=1S/C20H21NO3S/c1-3-21(4-2)11-12-24-20(23)14-9-10-18-16(13-14)19(22)15-7-5-6-8-17(15)25-18/h5-10,13H,3-4,11-12H2,1-2H3. The molecule has 0 spiro atoms. The van der Waals surface area contributed by atoms with Crippen molar-refractivity contribution < 1.29 is 9.53 Å². The van der Waals surface area contributed by atoms with Gasteiger partial charge in [0.1, 0.15) is 6.61 Å². The molecular formula is C20H21NO3S. The summed E-state index contributed by atoms with van der Waals surface area (Å²) in [6.45, 7) is 7.08. The van der Waals surface area contributed by atoms with Gasteiger partial charge in [0.25, 0.3) is 0 Å². The second-order valence-electron chi connectivity index (χ2n) is 5.80. The van der Waals surface area contributed by atoms with Crippen molar-refractivity contribution in [2.45, 2.75) is 13.8 Å². The molecule has 1 heterocycles. The topological polar surface area (TPSA) is 46.6 Å². The minimum Gasteiger partial charge on any atom is -0.461 e. The van der Waals surface area contributed by atoms with E-state index in [4.69, 9.17) is 4.74 Å². The van der Waals surface area contributed by atoms with Crippen LogP contribution in [0.25, 0.3) is 20.2 Å². The van der Waals surface area contributed by atoms with Crippen LogP contribution in [0.4, 0.5) is 0 Å². The molecule has 1 aromatic heterocycles. The molecule has 0 atom stereocenters. The minimum absolute atomic E-state index is 0.0397. The molecule has 0 saturated heterocycles. The van der Waals surface area contributed by atoms with Crippen molar-refractivity contribution >= 4 is 37.5 Å². The van der Waals surface area contributed by atoms with E-state index in [1.807, 2.05) is 30.3 Å². The Morgan fingerprint density at radius 3 is 2.52 bits per heavy atom. The Morgan fingerprint density at radius 1 is 1.04 bits per heavy atom. The van der Waals surface area contributed by atoms with E-state index in [1.165, 1.54) is 0 Å². The highest BCUT2D eigenvalue weighted by Gasteiger charge is 2.12. The van der Waals surface area contributed by atoms with Crippen LogP contribution in [0.1, 0.15) is 24.2 Å². The van der Waals surface area contributed by atoms with Crippen molar-refractivity contribution in [1.29, 1.82) is 0 Å². The van der Waals surface area contributed by atoms with Gasteiger partial charge < -0.3 is 9.64 Å². The second-order valence-corrected chi connectivity index (χ2v) is 6.88. The van der Waals surface area contributed by atoms with Crippen molar-refractivity contribution in [2.75, 3.05) is 26.2 Å². The van der Waals surface area contributed by atoms with Crippen LogP contribution in [0.15, 0.2) is 47.3 Å². The van der Waals surface area contributed by atoms with Gasteiger partial charge in [-0.15, -0.1) is 11.3 Å². The Bertz CT molecular complexity index is 960. The normalized spacial score (nSPS) is 11.3. The van der Waals surface area contributed by atoms with Crippen molar-refractivity contribution in [3.63, 3.8) is 0 Å². The Hall–Kier alpha value is -2.24. The smallest absolute Gasteiger partial charge is 0.338 e. The summed E-state index contributed by atoms with van der Waals surface area (Å²) < 4.78 is 7.19. The molecule has 0 N–H and O–H groups in total. The molecule has 0 aliphatic heterocycles. The van der Waals surface area contributed by atoms with E-state index in [1.54, 1.807) is 23.5 Å². The number of hydrogen-bond donors (Lipinski definition) is 0. The van der Waals surface area contributed by atoms with Crippen LogP contribution in [-0.4, -0.2) is 37.1 Å². The van der Waals surface area contributed by atoms with Crippen molar-refractivity contribution in [3.05, 3.63) is 58.3 Å². The number of carbonyl (C=O) groups excluding carboxylic acids is 1. The number of rotatable bonds is 6. The summed E-state index contributed by atoms with van der Waals surface area (Å²) >= 11 is 1.55. The largest absolute Gasteiger partial charge is 0.461 e. The first-order valence-electron chi connectivity index (χ1n) is 8.49. The summed E-state index contributed by atoms with van der Waals surface area (Å²) in [4.78, 5) is 27.2. The molecule has 3 aromatic rings. The average Bonchev–Trinajstić information content (AvgIpc) is 2.65. The van der Waals surface area contributed by atoms with Gasteiger partial charge in [-0.25, -0.2) is 4.79 Å². The highest BCUT2D eigenvalue weighted by molar-refractivity contribution is 7.24. The van der Waals surface area contributed by atoms with Crippen LogP contribution in [0, 0.1) is 0 Å². The molecule has 0 fully saturated rings. The van der Waals surface area contributed by atoms with E-state index >= 15 is 0 Å². The lowest BCUT2D eigenvalue weighted by Gasteiger charge is -2.17. The molecule has 130 valence electrons. The van der Waals surface area contributed by atoms with Gasteiger partial charge in [-0.05, 0) is 43.4 Å². The first-order valence-corrected chi connectivity index (χ1v) is 9.30. The third-order valence-corrected chi connectivity index (χ3v) is 5.50. The van der Waals surface area contributed by atoms with Crippen LogP contribution >= 0.6 is 11.3 Å². The average molecular weight is 355 g/mol. The Morgan fingerprint density at radius 2 is 1.76 bits per heavy atom. The SMILES string of the molecule is CCN(CC)CCOC(=O)c1ccc2sc3ccccc3c(=O)c2c1. The number of fused-ring (bicyclic) bond motifs is 2. The number of ether oxygens (including phenoxy) is 1. The summed E-state index contributed by atoms with van der Waals surface area (Å²) in [7, 11) is 0. The molecular weight excluding hydrogens is 334 g/mol. The van der Waals surface area contributed by atoms with Crippen molar-refractivity contribution in [2.24, 2.45) is 0 Å². The van der Waals surface area contributed by atoms with Crippen LogP contribution in [0.5, 0.6) is 0 Å². The first-order chi connectivity index (χ1) is 12.1. The highest BCUT2D eigenvalue weighted by Crippen LogP contribution is 2.25. The van der Waals surface area contributed by atoms with Crippen LogP contribution in [0.2, 0.25) is 0 Å². The predicted molar refractivity (Wildman–Crippen MR) is 104 cm³/mol. The predicted octanol–water partition coefficient (Wildman–Crippen LogP) is 3.91. The van der Waals surface area contributed by atoms with Gasteiger partial charge in [-0.2, -0.15) is 0 Å². The number of esters is 1. The van der Waals surface area contributed by atoms with E-state index < -0.39 is 0 Å². The molecule has 0 unspecified atom stereocenters. The molecule has 0 bridgehead atoms. The van der Waals surface area contributed by atoms with E-state index in [0.717, 1.165) is 22.5 Å². The fourth-order valence-electron chi connectivity index (χ4n) is 2.82. The number of carbonyl (C=O) groups is 1. The number of hydrogen-bond acceptors (Lipinski definition) is 5. The van der Waals surface area contributed by atoms with Gasteiger partial charge in [-0.1, -0.05) is 26.0 Å². The molecule has 0 aliphatic carbocycles. The highest BCUT2D eigenvalue weighted by atomic mass is 32.1. The van der Waals surface area contributed by atoms with E-state index in [0.29, 0.717) is 29.5 Å². The quantitative estimate of drug-likeness (QED) is 0.497. The van der Waals surface area contributed by atoms with Crippen LogP contribution < -0.4 is 5.43 Å². The van der Waals surface area contributed by atoms with E-state index in [2.05, 4.69) is 18.7 Å². The lowest BCUT2D eigenvalue weighted by Crippen LogP contribution is -2.27. The maximum absolute atomic E-state index is 12.7. The van der Waals surface area contributed by atoms with E-state index in [9.17, 15) is 9.59 Å². The summed E-state index contributed by atoms with van der Waals surface area (Å²) in [5, 5.41) is 1.26. The zero-order chi connectivity index (χ0) is 17.8. The molecule has 0 radical (unpaired) electrons. The number of nitrogens with zero attached hydrogens (tertiary/aromatic N) is 1. The van der Waals surface area contributed by atoms with Gasteiger partial charge in [-0.3, -0.25) is 4.79 Å². The Labute approximate surface area is 150 Å². The molecule has 0 amide bonds. The first kappa shape index (κ1) is 17.6. The number of likely N-dealkylation sites (N-methyl/N-ethyl adjacent to an activating group) is 1. The lowest BCUT2D eigenvalue weighted by molar-refractivity contribution is 0.0466. The molecule has 2 aromatic carbocycles. The monoisotopic (exact) mass is 355 g/mol. The van der Waals surface area contributed by atoms with Gasteiger partial charge in [0.15, 0.2) is 5.43 Å². The molecule has 4 nitrogen and oxygen atoms in total. The van der Waals surface area contributed by atoms with Gasteiger partial charge >= 0.3 is 5.97 Å². The second kappa shape index (κ2) is 7.76. The third kappa shape index (κ3) is 3.72. The minimum atomic E-state index is -0.383. The third-order valence-electron chi connectivity index (χ3n) is 4.35. The molecule has 0 saturated carbocycles. The van der Waals surface area contributed by atoms with Crippen LogP contribution in [0.3, 0.4) is 0 Å². The zero-order valence-corrected chi connectivity index (χ0v) is 15.3. The Kier molecular flexibility index (Phi) is 5.46. The number of benzene rings is 2. The summed E-state index contributed by atoms with van der Waals surface area (Å²) in [5.74, 6) is -0.383. The van der Waals surface area contributed by atoms with E-state index in [-0.39, 0.29) is 11.4 Å². The fourth-order valence-corrected chi connectivity index (χ4v) is 3.87. The van der Waals surface area contributed by atoms with Crippen molar-refractivity contribution in [1.82, 2.24) is 4.90 Å². The van der Waals surface area contributed by atoms with Crippen LogP contribution in [-0.2, 0) is 4.74 Å². The summed E-state index contributed by atoms with van der Waals surface area (Å²) in [6, 6.07) is 12.8. The molecule has 25 heavy (non-hydrogen) atoms. The molecule has 5 heteroatoms. The lowest BCUT2D eigenvalue weighted by atomic mass is 10.1. The van der Waals surface area contributed by atoms with Gasteiger partial charge in [0, 0.05) is 26.7 Å². The maximum Gasteiger partial charge on any atom is 0.338 e. The fraction of sp³-hybridized carbons (Fsp3) is 0.300. The molecule has 0 aliphatic rings. The maximum atomic E-state index is 12.7. The zero-order valence-electron chi connectivity index (χ0n) is 14.5. The Balaban J connectivity index is 1.85. The summed E-state index contributed by atoms with van der Waals surface area (Å²) in [5.41, 5.74) is 0.383. The van der Waals surface area contributed by atoms with Crippen molar-refractivity contribution in [3.8, 4) is 0 Å². The molecule has 3 rings (SSSR count). The summed E-state index contributed by atoms with van der Waals surface area (Å²) in [6.07, 6.45) is 0.